The maximum atomic E-state index is 13.1. The van der Waals surface area contributed by atoms with Gasteiger partial charge >= 0.3 is 0 Å². The molecule has 0 bridgehead atoms. The zero-order valence-electron chi connectivity index (χ0n) is 18.8. The Labute approximate surface area is 193 Å². The Morgan fingerprint density at radius 2 is 2.03 bits per heavy atom. The number of ether oxygens (including phenoxy) is 1. The number of carbonyl (C=O) groups excluding carboxylic acids is 2. The van der Waals surface area contributed by atoms with Gasteiger partial charge in [-0.15, -0.1) is 11.3 Å². The Bertz CT molecular complexity index is 1030. The molecule has 7 heteroatoms. The van der Waals surface area contributed by atoms with Crippen LogP contribution in [0.4, 0.5) is 0 Å². The van der Waals surface area contributed by atoms with Gasteiger partial charge in [0, 0.05) is 23.4 Å². The summed E-state index contributed by atoms with van der Waals surface area (Å²) in [5.74, 6) is -0.465. The van der Waals surface area contributed by atoms with Crippen molar-refractivity contribution in [3.8, 4) is 5.75 Å². The molecule has 0 saturated carbocycles. The molecule has 1 aromatic carbocycles. The van der Waals surface area contributed by atoms with E-state index in [1.165, 1.54) is 11.3 Å². The average molecular weight is 455 g/mol. The van der Waals surface area contributed by atoms with E-state index in [-0.39, 0.29) is 17.4 Å². The molecular formula is C25H30N2O4S. The number of aliphatic hydroxyl groups is 1. The van der Waals surface area contributed by atoms with Gasteiger partial charge in [-0.3, -0.25) is 9.59 Å². The Kier molecular flexibility index (Phi) is 6.67. The summed E-state index contributed by atoms with van der Waals surface area (Å²) in [5.41, 5.74) is 1.72. The van der Waals surface area contributed by atoms with Crippen molar-refractivity contribution in [3.63, 3.8) is 0 Å². The number of amides is 1. The largest absolute Gasteiger partial charge is 0.507 e. The van der Waals surface area contributed by atoms with Crippen molar-refractivity contribution in [2.45, 2.75) is 45.8 Å². The van der Waals surface area contributed by atoms with Gasteiger partial charge in [0.05, 0.1) is 11.6 Å². The van der Waals surface area contributed by atoms with E-state index in [0.717, 1.165) is 48.7 Å². The van der Waals surface area contributed by atoms with Gasteiger partial charge in [-0.2, -0.15) is 0 Å². The van der Waals surface area contributed by atoms with Gasteiger partial charge in [0.2, 0.25) is 0 Å². The van der Waals surface area contributed by atoms with Gasteiger partial charge < -0.3 is 19.6 Å². The molecule has 32 heavy (non-hydrogen) atoms. The van der Waals surface area contributed by atoms with Crippen molar-refractivity contribution < 1.29 is 19.4 Å². The minimum absolute atomic E-state index is 0.0879. The fourth-order valence-electron chi connectivity index (χ4n) is 4.58. The molecule has 1 aromatic heterocycles. The summed E-state index contributed by atoms with van der Waals surface area (Å²) in [5, 5.41) is 13.1. The van der Waals surface area contributed by atoms with Crippen LogP contribution in [0.1, 0.15) is 49.2 Å². The van der Waals surface area contributed by atoms with Crippen LogP contribution in [0.5, 0.6) is 5.75 Å². The lowest BCUT2D eigenvalue weighted by molar-refractivity contribution is -0.139. The van der Waals surface area contributed by atoms with Crippen LogP contribution in [0, 0.1) is 0 Å². The van der Waals surface area contributed by atoms with Crippen LogP contribution >= 0.6 is 11.3 Å². The molecule has 2 aliphatic heterocycles. The molecule has 0 unspecified atom stereocenters. The topological polar surface area (TPSA) is 70.1 Å². The van der Waals surface area contributed by atoms with Crippen molar-refractivity contribution >= 4 is 28.8 Å². The summed E-state index contributed by atoms with van der Waals surface area (Å²) in [7, 11) is 0. The van der Waals surface area contributed by atoms with Crippen molar-refractivity contribution in [2.75, 3.05) is 26.2 Å². The highest BCUT2D eigenvalue weighted by Gasteiger charge is 2.46. The number of aliphatic hydroxyl groups excluding tert-OH is 1. The molecule has 6 nitrogen and oxygen atoms in total. The number of rotatable bonds is 8. The smallest absolute Gasteiger partial charge is 0.295 e. The van der Waals surface area contributed by atoms with Gasteiger partial charge in [0.1, 0.15) is 17.6 Å². The van der Waals surface area contributed by atoms with Crippen LogP contribution in [-0.2, 0) is 16.0 Å². The molecule has 2 aromatic rings. The second kappa shape index (κ2) is 9.46. The van der Waals surface area contributed by atoms with Crippen molar-refractivity contribution in [1.29, 1.82) is 0 Å². The Balaban J connectivity index is 1.68. The van der Waals surface area contributed by atoms with Gasteiger partial charge in [-0.05, 0) is 68.2 Å². The van der Waals surface area contributed by atoms with E-state index in [1.807, 2.05) is 36.6 Å². The average Bonchev–Trinajstić information content (AvgIpc) is 3.49. The monoisotopic (exact) mass is 454 g/mol. The first-order chi connectivity index (χ1) is 15.4. The standard InChI is InChI=1S/C25H30N2O4S/c1-4-26(5-2)11-7-12-27-22(20-8-6-13-32-20)21(24(29)25(27)30)23(28)17-9-10-19-18(15-17)14-16(3)31-19/h6,8-10,13,15-16,22,28H,4-5,7,11-12,14H2,1-3H3/t16-,22+/m1/s1. The molecule has 1 fully saturated rings. The van der Waals surface area contributed by atoms with Crippen molar-refractivity contribution in [2.24, 2.45) is 0 Å². The van der Waals surface area contributed by atoms with Crippen LogP contribution in [0.2, 0.25) is 0 Å². The summed E-state index contributed by atoms with van der Waals surface area (Å²) < 4.78 is 5.75. The predicted octanol–water partition coefficient (Wildman–Crippen LogP) is 4.23. The molecule has 4 rings (SSSR count). The number of hydrogen-bond donors (Lipinski definition) is 1. The number of ketones is 1. The van der Waals surface area contributed by atoms with Crippen molar-refractivity contribution in [3.05, 3.63) is 57.3 Å². The second-order valence-electron chi connectivity index (χ2n) is 8.34. The van der Waals surface area contributed by atoms with E-state index in [4.69, 9.17) is 4.74 Å². The molecule has 170 valence electrons. The molecule has 1 saturated heterocycles. The summed E-state index contributed by atoms with van der Waals surface area (Å²) in [6, 6.07) is 8.72. The Hall–Kier alpha value is -2.64. The van der Waals surface area contributed by atoms with Gasteiger partial charge in [0.25, 0.3) is 11.7 Å². The third kappa shape index (κ3) is 4.19. The first-order valence-corrected chi connectivity index (χ1v) is 12.2. The van der Waals surface area contributed by atoms with E-state index < -0.39 is 17.7 Å². The zero-order chi connectivity index (χ0) is 22.8. The summed E-state index contributed by atoms with van der Waals surface area (Å²) in [6.45, 7) is 9.45. The molecule has 2 atom stereocenters. The minimum atomic E-state index is -0.617. The first kappa shape index (κ1) is 22.6. The maximum Gasteiger partial charge on any atom is 0.295 e. The lowest BCUT2D eigenvalue weighted by Crippen LogP contribution is -2.33. The number of hydrogen-bond acceptors (Lipinski definition) is 6. The highest BCUT2D eigenvalue weighted by molar-refractivity contribution is 7.10. The molecule has 1 amide bonds. The van der Waals surface area contributed by atoms with E-state index in [2.05, 4.69) is 18.7 Å². The number of benzene rings is 1. The zero-order valence-corrected chi connectivity index (χ0v) is 19.7. The molecule has 1 N–H and O–H groups in total. The second-order valence-corrected chi connectivity index (χ2v) is 9.32. The number of Topliss-reactive ketones (excluding diaryl/α,β-unsaturated/α-hetero) is 1. The molecule has 2 aliphatic rings. The van der Waals surface area contributed by atoms with E-state index >= 15 is 0 Å². The molecule has 0 radical (unpaired) electrons. The Morgan fingerprint density at radius 3 is 2.72 bits per heavy atom. The predicted molar refractivity (Wildman–Crippen MR) is 126 cm³/mol. The van der Waals surface area contributed by atoms with Crippen LogP contribution in [0.25, 0.3) is 5.76 Å². The minimum Gasteiger partial charge on any atom is -0.507 e. The van der Waals surface area contributed by atoms with E-state index in [0.29, 0.717) is 12.1 Å². The number of fused-ring (bicyclic) bond motifs is 1. The SMILES string of the molecule is CCN(CC)CCCN1C(=O)C(=O)C(=C(O)c2ccc3c(c2)C[C@@H](C)O3)[C@@H]1c1cccs1. The Morgan fingerprint density at radius 1 is 1.25 bits per heavy atom. The fourth-order valence-corrected chi connectivity index (χ4v) is 5.43. The quantitative estimate of drug-likeness (QED) is 0.367. The highest BCUT2D eigenvalue weighted by atomic mass is 32.1. The van der Waals surface area contributed by atoms with E-state index in [1.54, 1.807) is 11.0 Å². The molecule has 3 heterocycles. The number of nitrogens with zero attached hydrogens (tertiary/aromatic N) is 2. The van der Waals surface area contributed by atoms with Gasteiger partial charge in [-0.1, -0.05) is 19.9 Å². The van der Waals surface area contributed by atoms with Gasteiger partial charge in [0.15, 0.2) is 0 Å². The van der Waals surface area contributed by atoms with Crippen LogP contribution in [-0.4, -0.2) is 58.9 Å². The third-order valence-corrected chi connectivity index (χ3v) is 7.21. The summed E-state index contributed by atoms with van der Waals surface area (Å²) in [6.07, 6.45) is 1.61. The lowest BCUT2D eigenvalue weighted by atomic mass is 9.98. The van der Waals surface area contributed by atoms with Crippen LogP contribution < -0.4 is 4.74 Å². The third-order valence-electron chi connectivity index (χ3n) is 6.29. The molecular weight excluding hydrogens is 424 g/mol. The normalized spacial score (nSPS) is 21.9. The summed E-state index contributed by atoms with van der Waals surface area (Å²) >= 11 is 1.49. The lowest BCUT2D eigenvalue weighted by Gasteiger charge is -2.25. The first-order valence-electron chi connectivity index (χ1n) is 11.3. The fraction of sp³-hybridized carbons (Fsp3) is 0.440. The molecule has 0 spiro atoms. The number of carbonyl (C=O) groups is 2. The van der Waals surface area contributed by atoms with Crippen molar-refractivity contribution in [1.82, 2.24) is 9.80 Å². The summed E-state index contributed by atoms with van der Waals surface area (Å²) in [4.78, 5) is 30.9. The highest BCUT2D eigenvalue weighted by Crippen LogP contribution is 2.42. The number of likely N-dealkylation sites (tertiary alicyclic amines) is 1. The van der Waals surface area contributed by atoms with E-state index in [9.17, 15) is 14.7 Å². The molecule has 0 aliphatic carbocycles. The van der Waals surface area contributed by atoms with Gasteiger partial charge in [-0.25, -0.2) is 0 Å². The maximum absolute atomic E-state index is 13.1. The number of thiophene rings is 1. The van der Waals surface area contributed by atoms with Crippen LogP contribution in [0.3, 0.4) is 0 Å². The van der Waals surface area contributed by atoms with Crippen LogP contribution in [0.15, 0.2) is 41.3 Å².